The number of hydrogen-bond donors (Lipinski definition) is 0. The molecule has 104 valence electrons. The van der Waals surface area contributed by atoms with Crippen molar-refractivity contribution in [3.05, 3.63) is 35.1 Å². The molecule has 1 amide bonds. The molecule has 1 aromatic carbocycles. The summed E-state index contributed by atoms with van der Waals surface area (Å²) < 4.78 is 19.5. The number of aryl methyl sites for hydroxylation is 1. The standard InChI is InChI=1S/C15H20FNO2/c1-3-19-12-7-9-17(10-8-12)15(18)13-6-4-5-11(2)14(13)16/h4-6,12H,3,7-10H2,1-2H3. The molecule has 0 aliphatic carbocycles. The summed E-state index contributed by atoms with van der Waals surface area (Å²) in [5.74, 6) is -0.615. The van der Waals surface area contributed by atoms with E-state index in [1.54, 1.807) is 30.0 Å². The van der Waals surface area contributed by atoms with Gasteiger partial charge in [0, 0.05) is 19.7 Å². The van der Waals surface area contributed by atoms with Gasteiger partial charge in [-0.2, -0.15) is 0 Å². The highest BCUT2D eigenvalue weighted by Crippen LogP contribution is 2.19. The molecular formula is C15H20FNO2. The number of hydrogen-bond acceptors (Lipinski definition) is 2. The van der Waals surface area contributed by atoms with E-state index in [4.69, 9.17) is 4.74 Å². The van der Waals surface area contributed by atoms with Crippen LogP contribution in [0.25, 0.3) is 0 Å². The Balaban J connectivity index is 2.03. The lowest BCUT2D eigenvalue weighted by Gasteiger charge is -2.32. The highest BCUT2D eigenvalue weighted by Gasteiger charge is 2.25. The molecule has 0 atom stereocenters. The van der Waals surface area contributed by atoms with Crippen molar-refractivity contribution in [1.29, 1.82) is 0 Å². The van der Waals surface area contributed by atoms with Gasteiger partial charge in [0.25, 0.3) is 5.91 Å². The van der Waals surface area contributed by atoms with Gasteiger partial charge in [-0.25, -0.2) is 4.39 Å². The summed E-state index contributed by atoms with van der Waals surface area (Å²) in [6.45, 7) is 5.62. The van der Waals surface area contributed by atoms with Crippen LogP contribution in [0.3, 0.4) is 0 Å². The van der Waals surface area contributed by atoms with E-state index in [2.05, 4.69) is 0 Å². The molecule has 0 radical (unpaired) electrons. The first-order valence-corrected chi connectivity index (χ1v) is 6.79. The van der Waals surface area contributed by atoms with Crippen LogP contribution >= 0.6 is 0 Å². The Bertz CT molecular complexity index is 453. The summed E-state index contributed by atoms with van der Waals surface area (Å²) >= 11 is 0. The third-order valence-electron chi connectivity index (χ3n) is 3.55. The second kappa shape index (κ2) is 6.15. The first-order chi connectivity index (χ1) is 9.13. The molecule has 0 bridgehead atoms. The van der Waals surface area contributed by atoms with E-state index in [-0.39, 0.29) is 17.6 Å². The minimum absolute atomic E-state index is 0.176. The summed E-state index contributed by atoms with van der Waals surface area (Å²) in [5, 5.41) is 0. The number of benzene rings is 1. The number of carbonyl (C=O) groups excluding carboxylic acids is 1. The van der Waals surface area contributed by atoms with Gasteiger partial charge in [-0.15, -0.1) is 0 Å². The minimum atomic E-state index is -0.403. The highest BCUT2D eigenvalue weighted by molar-refractivity contribution is 5.94. The van der Waals surface area contributed by atoms with E-state index in [1.807, 2.05) is 6.92 Å². The van der Waals surface area contributed by atoms with Crippen molar-refractivity contribution in [3.63, 3.8) is 0 Å². The second-order valence-electron chi connectivity index (χ2n) is 4.88. The first kappa shape index (κ1) is 14.0. The molecule has 0 unspecified atom stereocenters. The van der Waals surface area contributed by atoms with Crippen LogP contribution in [0.2, 0.25) is 0 Å². The van der Waals surface area contributed by atoms with Gasteiger partial charge in [0.2, 0.25) is 0 Å². The summed E-state index contributed by atoms with van der Waals surface area (Å²) in [7, 11) is 0. The summed E-state index contributed by atoms with van der Waals surface area (Å²) in [6, 6.07) is 4.95. The van der Waals surface area contributed by atoms with Crippen LogP contribution in [0.1, 0.15) is 35.7 Å². The molecule has 4 heteroatoms. The van der Waals surface area contributed by atoms with Crippen LogP contribution in [-0.2, 0) is 4.74 Å². The molecule has 2 rings (SSSR count). The van der Waals surface area contributed by atoms with Crippen LogP contribution in [0.4, 0.5) is 4.39 Å². The normalized spacial score (nSPS) is 16.7. The summed E-state index contributed by atoms with van der Waals surface area (Å²) in [6.07, 6.45) is 1.89. The number of amides is 1. The van der Waals surface area contributed by atoms with Gasteiger partial charge in [0.1, 0.15) is 5.82 Å². The van der Waals surface area contributed by atoms with Crippen molar-refractivity contribution in [3.8, 4) is 0 Å². The fraction of sp³-hybridized carbons (Fsp3) is 0.533. The third kappa shape index (κ3) is 3.13. The second-order valence-corrected chi connectivity index (χ2v) is 4.88. The topological polar surface area (TPSA) is 29.5 Å². The predicted octanol–water partition coefficient (Wildman–Crippen LogP) is 2.78. The van der Waals surface area contributed by atoms with E-state index in [9.17, 15) is 9.18 Å². The molecule has 19 heavy (non-hydrogen) atoms. The summed E-state index contributed by atoms with van der Waals surface area (Å²) in [4.78, 5) is 14.0. The zero-order valence-electron chi connectivity index (χ0n) is 11.5. The van der Waals surface area contributed by atoms with Gasteiger partial charge in [-0.3, -0.25) is 4.79 Å². The molecule has 0 aromatic heterocycles. The van der Waals surface area contributed by atoms with Gasteiger partial charge in [0.15, 0.2) is 0 Å². The van der Waals surface area contributed by atoms with Gasteiger partial charge in [-0.1, -0.05) is 12.1 Å². The van der Waals surface area contributed by atoms with Crippen LogP contribution < -0.4 is 0 Å². The SMILES string of the molecule is CCOC1CCN(C(=O)c2cccc(C)c2F)CC1. The Labute approximate surface area is 113 Å². The van der Waals surface area contributed by atoms with Gasteiger partial charge < -0.3 is 9.64 Å². The van der Waals surface area contributed by atoms with Crippen LogP contribution in [0, 0.1) is 12.7 Å². The van der Waals surface area contributed by atoms with Gasteiger partial charge in [-0.05, 0) is 38.3 Å². The Morgan fingerprint density at radius 3 is 2.74 bits per heavy atom. The van der Waals surface area contributed by atoms with Crippen molar-refractivity contribution in [2.24, 2.45) is 0 Å². The van der Waals surface area contributed by atoms with Crippen molar-refractivity contribution in [2.45, 2.75) is 32.8 Å². The molecule has 1 aliphatic heterocycles. The molecule has 0 N–H and O–H groups in total. The Morgan fingerprint density at radius 2 is 2.11 bits per heavy atom. The third-order valence-corrected chi connectivity index (χ3v) is 3.55. The molecule has 1 fully saturated rings. The Kier molecular flexibility index (Phi) is 4.53. The number of halogens is 1. The monoisotopic (exact) mass is 265 g/mol. The number of carbonyl (C=O) groups is 1. The van der Waals surface area contributed by atoms with E-state index in [0.29, 0.717) is 25.3 Å². The van der Waals surface area contributed by atoms with E-state index < -0.39 is 5.82 Å². The van der Waals surface area contributed by atoms with Crippen molar-refractivity contribution < 1.29 is 13.9 Å². The molecule has 1 aromatic rings. The fourth-order valence-corrected chi connectivity index (χ4v) is 2.44. The van der Waals surface area contributed by atoms with Crippen LogP contribution in [-0.4, -0.2) is 36.6 Å². The molecule has 1 heterocycles. The lowest BCUT2D eigenvalue weighted by molar-refractivity contribution is 0.0144. The van der Waals surface area contributed by atoms with E-state index >= 15 is 0 Å². The lowest BCUT2D eigenvalue weighted by Crippen LogP contribution is -2.41. The molecular weight excluding hydrogens is 245 g/mol. The smallest absolute Gasteiger partial charge is 0.256 e. The average molecular weight is 265 g/mol. The highest BCUT2D eigenvalue weighted by atomic mass is 19.1. The number of likely N-dealkylation sites (tertiary alicyclic amines) is 1. The maximum atomic E-state index is 13.9. The van der Waals surface area contributed by atoms with Crippen molar-refractivity contribution in [2.75, 3.05) is 19.7 Å². The van der Waals surface area contributed by atoms with Gasteiger partial charge in [0.05, 0.1) is 11.7 Å². The average Bonchev–Trinajstić information content (AvgIpc) is 2.42. The number of nitrogens with zero attached hydrogens (tertiary/aromatic N) is 1. The zero-order chi connectivity index (χ0) is 13.8. The van der Waals surface area contributed by atoms with Crippen molar-refractivity contribution in [1.82, 2.24) is 4.90 Å². The number of ether oxygens (including phenoxy) is 1. The maximum Gasteiger partial charge on any atom is 0.256 e. The fourth-order valence-electron chi connectivity index (χ4n) is 2.44. The Hall–Kier alpha value is -1.42. The molecule has 1 aliphatic rings. The zero-order valence-corrected chi connectivity index (χ0v) is 11.5. The minimum Gasteiger partial charge on any atom is -0.378 e. The lowest BCUT2D eigenvalue weighted by atomic mass is 10.0. The Morgan fingerprint density at radius 1 is 1.42 bits per heavy atom. The van der Waals surface area contributed by atoms with Crippen LogP contribution in [0.15, 0.2) is 18.2 Å². The van der Waals surface area contributed by atoms with E-state index in [0.717, 1.165) is 12.8 Å². The molecule has 0 saturated carbocycles. The molecule has 3 nitrogen and oxygen atoms in total. The summed E-state index contributed by atoms with van der Waals surface area (Å²) in [5.41, 5.74) is 0.685. The van der Waals surface area contributed by atoms with E-state index in [1.165, 1.54) is 0 Å². The largest absolute Gasteiger partial charge is 0.378 e. The number of rotatable bonds is 3. The molecule has 0 spiro atoms. The predicted molar refractivity (Wildman–Crippen MR) is 71.7 cm³/mol. The van der Waals surface area contributed by atoms with Crippen LogP contribution in [0.5, 0.6) is 0 Å². The molecule has 1 saturated heterocycles. The quantitative estimate of drug-likeness (QED) is 0.841. The number of piperidine rings is 1. The maximum absolute atomic E-state index is 13.9. The van der Waals surface area contributed by atoms with Gasteiger partial charge >= 0.3 is 0 Å². The van der Waals surface area contributed by atoms with Crippen molar-refractivity contribution >= 4 is 5.91 Å². The first-order valence-electron chi connectivity index (χ1n) is 6.79.